The number of benzene rings is 1. The van der Waals surface area contributed by atoms with Gasteiger partial charge in [-0.25, -0.2) is 8.42 Å². The van der Waals surface area contributed by atoms with Gasteiger partial charge in [-0.05, 0) is 38.1 Å². The first-order valence-corrected chi connectivity index (χ1v) is 8.03. The first-order valence-electron chi connectivity index (χ1n) is 5.80. The van der Waals surface area contributed by atoms with Crippen molar-refractivity contribution in [2.45, 2.75) is 30.9 Å². The molecule has 0 radical (unpaired) electrons. The van der Waals surface area contributed by atoms with Crippen LogP contribution in [0.25, 0.3) is 0 Å². The predicted octanol–water partition coefficient (Wildman–Crippen LogP) is 2.25. The van der Waals surface area contributed by atoms with E-state index in [-0.39, 0.29) is 12.1 Å². The Kier molecular flexibility index (Phi) is 4.11. The lowest BCUT2D eigenvalue weighted by Gasteiger charge is -2.35. The van der Waals surface area contributed by atoms with Gasteiger partial charge in [0.15, 0.2) is 0 Å². The minimum Gasteiger partial charge on any atom is -0.375 e. The highest BCUT2D eigenvalue weighted by atomic mass is 79.9. The van der Waals surface area contributed by atoms with Gasteiger partial charge in [-0.2, -0.15) is 4.31 Å². The smallest absolute Gasteiger partial charge is 0.243 e. The molecule has 4 nitrogen and oxygen atoms in total. The Labute approximate surface area is 116 Å². The lowest BCUT2D eigenvalue weighted by Crippen LogP contribution is -2.50. The third kappa shape index (κ3) is 2.77. The Hall–Kier alpha value is -0.430. The highest BCUT2D eigenvalue weighted by molar-refractivity contribution is 9.10. The summed E-state index contributed by atoms with van der Waals surface area (Å²) in [6.45, 7) is 4.59. The van der Waals surface area contributed by atoms with Crippen LogP contribution in [0, 0.1) is 0 Å². The van der Waals surface area contributed by atoms with Crippen molar-refractivity contribution in [3.8, 4) is 0 Å². The molecule has 0 saturated carbocycles. The van der Waals surface area contributed by atoms with Crippen molar-refractivity contribution in [2.24, 2.45) is 0 Å². The minimum atomic E-state index is -3.43. The molecular weight excluding hydrogens is 318 g/mol. The number of morpholine rings is 1. The quantitative estimate of drug-likeness (QED) is 0.833. The number of hydrogen-bond donors (Lipinski definition) is 0. The van der Waals surface area contributed by atoms with Crippen molar-refractivity contribution < 1.29 is 13.2 Å². The van der Waals surface area contributed by atoms with E-state index in [4.69, 9.17) is 4.74 Å². The van der Waals surface area contributed by atoms with Crippen molar-refractivity contribution in [1.29, 1.82) is 0 Å². The average molecular weight is 334 g/mol. The summed E-state index contributed by atoms with van der Waals surface area (Å²) in [5.74, 6) is 0. The topological polar surface area (TPSA) is 46.6 Å². The van der Waals surface area contributed by atoms with E-state index in [0.29, 0.717) is 18.0 Å². The Morgan fingerprint density at radius 1 is 1.28 bits per heavy atom. The van der Waals surface area contributed by atoms with Crippen LogP contribution >= 0.6 is 15.9 Å². The van der Waals surface area contributed by atoms with Crippen molar-refractivity contribution in [1.82, 2.24) is 4.31 Å². The summed E-state index contributed by atoms with van der Waals surface area (Å²) in [5, 5.41) is 0. The lowest BCUT2D eigenvalue weighted by atomic mass is 10.2. The first-order chi connectivity index (χ1) is 8.41. The summed E-state index contributed by atoms with van der Waals surface area (Å²) >= 11 is 3.30. The maximum atomic E-state index is 12.5. The van der Waals surface area contributed by atoms with Crippen LogP contribution in [-0.2, 0) is 14.8 Å². The molecule has 2 atom stereocenters. The molecular formula is C12H16BrNO3S. The van der Waals surface area contributed by atoms with Crippen LogP contribution in [0.15, 0.2) is 33.6 Å². The third-order valence-electron chi connectivity index (χ3n) is 2.97. The molecule has 0 bridgehead atoms. The number of hydrogen-bond acceptors (Lipinski definition) is 3. The highest BCUT2D eigenvalue weighted by Gasteiger charge is 2.33. The molecule has 1 aliphatic heterocycles. The van der Waals surface area contributed by atoms with Crippen molar-refractivity contribution >= 4 is 26.0 Å². The van der Waals surface area contributed by atoms with Gasteiger partial charge in [-0.3, -0.25) is 0 Å². The number of ether oxygens (including phenoxy) is 1. The number of halogens is 1. The van der Waals surface area contributed by atoms with Gasteiger partial charge in [0.25, 0.3) is 0 Å². The summed E-state index contributed by atoms with van der Waals surface area (Å²) in [5.41, 5.74) is 0. The molecule has 1 aliphatic rings. The van der Waals surface area contributed by atoms with Crippen molar-refractivity contribution in [2.75, 3.05) is 13.2 Å². The second kappa shape index (κ2) is 5.28. The van der Waals surface area contributed by atoms with Gasteiger partial charge in [0.05, 0.1) is 17.6 Å². The maximum absolute atomic E-state index is 12.5. The van der Waals surface area contributed by atoms with Crippen LogP contribution in [-0.4, -0.2) is 38.0 Å². The zero-order valence-corrected chi connectivity index (χ0v) is 12.7. The Bertz CT molecular complexity index is 515. The second-order valence-electron chi connectivity index (χ2n) is 4.52. The Morgan fingerprint density at radius 3 is 2.50 bits per heavy atom. The molecule has 100 valence electrons. The fourth-order valence-corrected chi connectivity index (χ4v) is 3.91. The van der Waals surface area contributed by atoms with E-state index >= 15 is 0 Å². The molecule has 0 N–H and O–H groups in total. The van der Waals surface area contributed by atoms with Crippen LogP contribution < -0.4 is 0 Å². The Morgan fingerprint density at radius 2 is 1.89 bits per heavy atom. The van der Waals surface area contributed by atoms with Gasteiger partial charge < -0.3 is 4.74 Å². The predicted molar refractivity (Wildman–Crippen MR) is 72.9 cm³/mol. The molecule has 0 aliphatic carbocycles. The van der Waals surface area contributed by atoms with Gasteiger partial charge in [0.2, 0.25) is 10.0 Å². The van der Waals surface area contributed by atoms with Crippen molar-refractivity contribution in [3.05, 3.63) is 28.7 Å². The maximum Gasteiger partial charge on any atom is 0.243 e. The van der Waals surface area contributed by atoms with Crippen LogP contribution in [0.1, 0.15) is 13.8 Å². The standard InChI is InChI=1S/C12H16BrNO3S/c1-9-8-17-10(2)7-14(9)18(15,16)12-5-3-11(13)4-6-12/h3-6,9-10H,7-8H2,1-2H3. The van der Waals surface area contributed by atoms with Gasteiger partial charge in [-0.15, -0.1) is 0 Å². The Balaban J connectivity index is 2.32. The molecule has 0 aromatic heterocycles. The molecule has 1 fully saturated rings. The molecule has 1 heterocycles. The van der Waals surface area contributed by atoms with Crippen LogP contribution in [0.3, 0.4) is 0 Å². The first kappa shape index (κ1) is 14.0. The molecule has 6 heteroatoms. The van der Waals surface area contributed by atoms with Gasteiger partial charge in [-0.1, -0.05) is 15.9 Å². The largest absolute Gasteiger partial charge is 0.375 e. The van der Waals surface area contributed by atoms with E-state index in [2.05, 4.69) is 15.9 Å². The highest BCUT2D eigenvalue weighted by Crippen LogP contribution is 2.23. The van der Waals surface area contributed by atoms with Crippen LogP contribution in [0.4, 0.5) is 0 Å². The fourth-order valence-electron chi connectivity index (χ4n) is 1.95. The summed E-state index contributed by atoms with van der Waals surface area (Å²) < 4.78 is 32.9. The zero-order valence-electron chi connectivity index (χ0n) is 10.3. The average Bonchev–Trinajstić information content (AvgIpc) is 2.32. The van der Waals surface area contributed by atoms with Crippen molar-refractivity contribution in [3.63, 3.8) is 0 Å². The third-order valence-corrected chi connectivity index (χ3v) is 5.49. The summed E-state index contributed by atoms with van der Waals surface area (Å²) in [4.78, 5) is 0.326. The molecule has 1 saturated heterocycles. The number of sulfonamides is 1. The molecule has 1 aromatic rings. The molecule has 2 unspecified atom stereocenters. The SMILES string of the molecule is CC1CN(S(=O)(=O)c2ccc(Br)cc2)C(C)CO1. The van der Waals surface area contributed by atoms with Crippen LogP contribution in [0.5, 0.6) is 0 Å². The lowest BCUT2D eigenvalue weighted by molar-refractivity contribution is -0.0170. The fraction of sp³-hybridized carbons (Fsp3) is 0.500. The van der Waals surface area contributed by atoms with Gasteiger partial charge in [0.1, 0.15) is 0 Å². The summed E-state index contributed by atoms with van der Waals surface area (Å²) in [6, 6.07) is 6.58. The molecule has 0 spiro atoms. The summed E-state index contributed by atoms with van der Waals surface area (Å²) in [7, 11) is -3.43. The molecule has 0 amide bonds. The van der Waals surface area contributed by atoms with E-state index in [1.807, 2.05) is 13.8 Å². The molecule has 18 heavy (non-hydrogen) atoms. The zero-order chi connectivity index (χ0) is 13.3. The van der Waals surface area contributed by atoms with Gasteiger partial charge in [0, 0.05) is 17.1 Å². The van der Waals surface area contributed by atoms with E-state index in [9.17, 15) is 8.42 Å². The van der Waals surface area contributed by atoms with Gasteiger partial charge >= 0.3 is 0 Å². The number of nitrogens with zero attached hydrogens (tertiary/aromatic N) is 1. The monoisotopic (exact) mass is 333 g/mol. The van der Waals surface area contributed by atoms with E-state index in [1.54, 1.807) is 24.3 Å². The van der Waals surface area contributed by atoms with E-state index in [0.717, 1.165) is 4.47 Å². The molecule has 1 aromatic carbocycles. The van der Waals surface area contributed by atoms with Crippen LogP contribution in [0.2, 0.25) is 0 Å². The minimum absolute atomic E-state index is 0.0635. The van der Waals surface area contributed by atoms with E-state index in [1.165, 1.54) is 4.31 Å². The van der Waals surface area contributed by atoms with E-state index < -0.39 is 10.0 Å². The molecule has 2 rings (SSSR count). The number of rotatable bonds is 2. The second-order valence-corrected chi connectivity index (χ2v) is 7.33. The normalized spacial score (nSPS) is 26.2. The summed E-state index contributed by atoms with van der Waals surface area (Å²) in [6.07, 6.45) is -0.0635.